The summed E-state index contributed by atoms with van der Waals surface area (Å²) in [7, 11) is 0. The fourth-order valence-electron chi connectivity index (χ4n) is 4.43. The van der Waals surface area contributed by atoms with E-state index in [1.807, 2.05) is 0 Å². The number of hydrogen-bond acceptors (Lipinski definition) is 3. The van der Waals surface area contributed by atoms with Crippen LogP contribution in [0.15, 0.2) is 46.1 Å². The molecule has 0 spiro atoms. The second-order valence-electron chi connectivity index (χ2n) is 7.88. The minimum absolute atomic E-state index is 0. The molecule has 158 valence electrons. The first kappa shape index (κ1) is 21.6. The Morgan fingerprint density at radius 2 is 1.76 bits per heavy atom. The Morgan fingerprint density at radius 3 is 2.41 bits per heavy atom. The van der Waals surface area contributed by atoms with Crippen molar-refractivity contribution in [3.05, 3.63) is 68.5 Å². The Morgan fingerprint density at radius 1 is 1.07 bits per heavy atom. The van der Waals surface area contributed by atoms with Crippen LogP contribution >= 0.6 is 12.4 Å². The van der Waals surface area contributed by atoms with Crippen LogP contribution in [0.2, 0.25) is 0 Å². The number of alkyl halides is 3. The highest BCUT2D eigenvalue weighted by molar-refractivity contribution is 5.85. The molecule has 9 heteroatoms. The van der Waals surface area contributed by atoms with Crippen molar-refractivity contribution in [1.82, 2.24) is 14.5 Å². The van der Waals surface area contributed by atoms with Crippen molar-refractivity contribution in [2.75, 3.05) is 19.6 Å². The molecule has 1 aromatic carbocycles. The second-order valence-corrected chi connectivity index (χ2v) is 7.88. The number of benzene rings is 1. The molecule has 0 unspecified atom stereocenters. The van der Waals surface area contributed by atoms with Crippen molar-refractivity contribution in [2.24, 2.45) is 5.92 Å². The molecule has 2 atom stereocenters. The van der Waals surface area contributed by atoms with E-state index in [0.717, 1.165) is 44.5 Å². The number of nitrogens with zero attached hydrogens (tertiary/aromatic N) is 2. The summed E-state index contributed by atoms with van der Waals surface area (Å²) < 4.78 is 39.8. The number of hydrogen-bond donors (Lipinski definition) is 1. The maximum absolute atomic E-state index is 12.8. The summed E-state index contributed by atoms with van der Waals surface area (Å²) in [5.74, 6) is 0.519. The summed E-state index contributed by atoms with van der Waals surface area (Å²) >= 11 is 0. The van der Waals surface area contributed by atoms with E-state index in [2.05, 4.69) is 9.88 Å². The van der Waals surface area contributed by atoms with E-state index >= 15 is 0 Å². The van der Waals surface area contributed by atoms with Gasteiger partial charge in [-0.05, 0) is 49.4 Å². The highest BCUT2D eigenvalue weighted by Crippen LogP contribution is 2.59. The fourth-order valence-corrected chi connectivity index (χ4v) is 4.43. The summed E-state index contributed by atoms with van der Waals surface area (Å²) in [4.78, 5) is 27.3. The Bertz CT molecular complexity index is 970. The molecule has 2 fully saturated rings. The molecule has 2 heterocycles. The van der Waals surface area contributed by atoms with Gasteiger partial charge < -0.3 is 9.47 Å². The van der Waals surface area contributed by atoms with Gasteiger partial charge in [0.2, 0.25) is 0 Å². The lowest BCUT2D eigenvalue weighted by Gasteiger charge is -2.21. The van der Waals surface area contributed by atoms with Gasteiger partial charge in [-0.3, -0.25) is 9.78 Å². The van der Waals surface area contributed by atoms with Crippen LogP contribution < -0.4 is 11.2 Å². The van der Waals surface area contributed by atoms with Crippen molar-refractivity contribution in [3.8, 4) is 0 Å². The van der Waals surface area contributed by atoms with Gasteiger partial charge in [-0.2, -0.15) is 13.2 Å². The van der Waals surface area contributed by atoms with Crippen molar-refractivity contribution in [2.45, 2.75) is 37.4 Å². The normalized spacial score (nSPS) is 23.5. The van der Waals surface area contributed by atoms with Crippen LogP contribution in [0.25, 0.3) is 0 Å². The zero-order chi connectivity index (χ0) is 19.9. The standard InChI is InChI=1S/C20H22F3N3O2.ClH/c21-20(22,23)15-5-3-14(4-6-15)19-11-16(19)12-25(13-19)8-1-2-9-26-10-7-17(27)24-18(26)28;/h3-7,10,16H,1-2,8-9,11-13H2,(H,24,27,28);1H/t16-,19+;/m0./s1. The molecule has 2 aromatic rings. The lowest BCUT2D eigenvalue weighted by molar-refractivity contribution is -0.137. The Hall–Kier alpha value is -2.06. The van der Waals surface area contributed by atoms with Crippen molar-refractivity contribution < 1.29 is 13.2 Å². The van der Waals surface area contributed by atoms with Gasteiger partial charge in [-0.1, -0.05) is 12.1 Å². The molecule has 1 aromatic heterocycles. The number of aromatic amines is 1. The molecule has 1 N–H and O–H groups in total. The highest BCUT2D eigenvalue weighted by Gasteiger charge is 2.60. The van der Waals surface area contributed by atoms with E-state index in [9.17, 15) is 22.8 Å². The number of aromatic nitrogens is 2. The topological polar surface area (TPSA) is 58.1 Å². The number of likely N-dealkylation sites (tertiary alicyclic amines) is 1. The van der Waals surface area contributed by atoms with Gasteiger partial charge in [-0.15, -0.1) is 12.4 Å². The quantitative estimate of drug-likeness (QED) is 0.718. The van der Waals surface area contributed by atoms with Crippen LogP contribution in [0.3, 0.4) is 0 Å². The van der Waals surface area contributed by atoms with E-state index in [1.54, 1.807) is 12.1 Å². The van der Waals surface area contributed by atoms with Crippen molar-refractivity contribution in [3.63, 3.8) is 0 Å². The largest absolute Gasteiger partial charge is 0.416 e. The predicted molar refractivity (Wildman–Crippen MR) is 105 cm³/mol. The van der Waals surface area contributed by atoms with Crippen LogP contribution in [0.1, 0.15) is 30.4 Å². The molecular weight excluding hydrogens is 407 g/mol. The Labute approximate surface area is 172 Å². The van der Waals surface area contributed by atoms with Gasteiger partial charge in [0.15, 0.2) is 0 Å². The molecule has 5 nitrogen and oxygen atoms in total. The predicted octanol–water partition coefficient (Wildman–Crippen LogP) is 3.03. The molecule has 0 radical (unpaired) electrons. The number of fused-ring (bicyclic) bond motifs is 1. The zero-order valence-electron chi connectivity index (χ0n) is 15.7. The highest BCUT2D eigenvalue weighted by atomic mass is 35.5. The Balaban J connectivity index is 0.00000240. The number of rotatable bonds is 6. The van der Waals surface area contributed by atoms with Gasteiger partial charge >= 0.3 is 11.9 Å². The van der Waals surface area contributed by atoms with Gasteiger partial charge in [-0.25, -0.2) is 4.79 Å². The summed E-state index contributed by atoms with van der Waals surface area (Å²) in [5, 5.41) is 0. The molecule has 0 bridgehead atoms. The molecule has 0 amide bonds. The van der Waals surface area contributed by atoms with Gasteiger partial charge in [0.25, 0.3) is 5.56 Å². The minimum atomic E-state index is -4.30. The number of nitrogens with one attached hydrogen (secondary N) is 1. The zero-order valence-corrected chi connectivity index (χ0v) is 16.6. The lowest BCUT2D eigenvalue weighted by Crippen LogP contribution is -2.30. The number of piperidine rings is 1. The van der Waals surface area contributed by atoms with Crippen LogP contribution in [0, 0.1) is 5.92 Å². The van der Waals surface area contributed by atoms with Gasteiger partial charge in [0.05, 0.1) is 5.56 Å². The van der Waals surface area contributed by atoms with Crippen molar-refractivity contribution in [1.29, 1.82) is 0 Å². The molecule has 2 aliphatic rings. The first-order chi connectivity index (χ1) is 13.3. The number of unbranched alkanes of at least 4 members (excludes halogenated alkanes) is 1. The molecular formula is C20H23ClF3N3O2. The molecule has 1 aliphatic carbocycles. The van der Waals surface area contributed by atoms with Crippen LogP contribution in [-0.4, -0.2) is 34.1 Å². The maximum Gasteiger partial charge on any atom is 0.416 e. The van der Waals surface area contributed by atoms with E-state index in [1.165, 1.54) is 29.0 Å². The number of aryl methyl sites for hydroxylation is 1. The lowest BCUT2D eigenvalue weighted by atomic mass is 9.94. The van der Waals surface area contributed by atoms with Crippen LogP contribution in [0.5, 0.6) is 0 Å². The van der Waals surface area contributed by atoms with E-state index in [4.69, 9.17) is 0 Å². The molecule has 1 saturated carbocycles. The van der Waals surface area contributed by atoms with E-state index in [0.29, 0.717) is 12.5 Å². The summed E-state index contributed by atoms with van der Waals surface area (Å²) in [6, 6.07) is 6.97. The maximum atomic E-state index is 12.8. The first-order valence-electron chi connectivity index (χ1n) is 9.48. The third-order valence-electron chi connectivity index (χ3n) is 6.02. The van der Waals surface area contributed by atoms with Crippen LogP contribution in [-0.2, 0) is 18.1 Å². The second kappa shape index (κ2) is 7.99. The Kier molecular flexibility index (Phi) is 5.96. The molecule has 4 rings (SSSR count). The SMILES string of the molecule is Cl.O=c1ccn(CCCCN2C[C@@H]3C[C@]3(c3ccc(C(F)(F)F)cc3)C2)c(=O)[nH]1. The smallest absolute Gasteiger partial charge is 0.302 e. The number of H-pyrrole nitrogens is 1. The summed E-state index contributed by atoms with van der Waals surface area (Å²) in [6.45, 7) is 3.30. The third kappa shape index (κ3) is 4.43. The van der Waals surface area contributed by atoms with Gasteiger partial charge in [0, 0.05) is 37.3 Å². The van der Waals surface area contributed by atoms with E-state index < -0.39 is 23.0 Å². The monoisotopic (exact) mass is 429 g/mol. The average Bonchev–Trinajstić information content (AvgIpc) is 3.21. The first-order valence-corrected chi connectivity index (χ1v) is 9.48. The average molecular weight is 430 g/mol. The van der Waals surface area contributed by atoms with Crippen LogP contribution in [0.4, 0.5) is 13.2 Å². The fraction of sp³-hybridized carbons (Fsp3) is 0.500. The van der Waals surface area contributed by atoms with Gasteiger partial charge in [0.1, 0.15) is 0 Å². The van der Waals surface area contributed by atoms with Crippen molar-refractivity contribution >= 4 is 12.4 Å². The molecule has 1 saturated heterocycles. The molecule has 1 aliphatic heterocycles. The van der Waals surface area contributed by atoms with E-state index in [-0.39, 0.29) is 17.8 Å². The summed E-state index contributed by atoms with van der Waals surface area (Å²) in [5.41, 5.74) is -0.368. The third-order valence-corrected chi connectivity index (χ3v) is 6.02. The minimum Gasteiger partial charge on any atom is -0.302 e. The number of halogens is 4. The molecule has 29 heavy (non-hydrogen) atoms. The summed E-state index contributed by atoms with van der Waals surface area (Å²) in [6.07, 6.45) is -0.0101.